The molecule has 1 atom stereocenters. The molecule has 0 bridgehead atoms. The first-order valence-electron chi connectivity index (χ1n) is 11.9. The zero-order chi connectivity index (χ0) is 24.3. The zero-order valence-electron chi connectivity index (χ0n) is 19.6. The van der Waals surface area contributed by atoms with E-state index in [0.717, 1.165) is 54.6 Å². The van der Waals surface area contributed by atoms with Crippen molar-refractivity contribution in [2.24, 2.45) is 5.41 Å². The van der Waals surface area contributed by atoms with E-state index in [0.29, 0.717) is 18.0 Å². The number of methoxy groups -OCH3 is 1. The minimum Gasteiger partial charge on any atom is -0.453 e. The van der Waals surface area contributed by atoms with Crippen molar-refractivity contribution in [1.82, 2.24) is 24.6 Å². The molecule has 1 saturated heterocycles. The van der Waals surface area contributed by atoms with E-state index in [9.17, 15) is 9.18 Å². The summed E-state index contributed by atoms with van der Waals surface area (Å²) in [6.45, 7) is 4.23. The molecule has 1 unspecified atom stereocenters. The molecule has 2 aromatic heterocycles. The highest BCUT2D eigenvalue weighted by molar-refractivity contribution is 6.30. The standard InChI is InChI=1S/C25H26ClFN6O2/c1-3-19-23-30-29-22(16-9-25(10-16)13-31(14-25)21-7-5-18(27)11-28-21)33(23)20-6-4-17(26)8-15(20)12-32(19)24(34)35-2/h4-8,11,16,19H,3,9-10,12-14H2,1-2H3. The maximum absolute atomic E-state index is 13.2. The molecule has 6 rings (SSSR count). The fraction of sp³-hybridized carbons (Fsp3) is 0.440. The third-order valence-electron chi connectivity index (χ3n) is 7.62. The van der Waals surface area contributed by atoms with Crippen LogP contribution in [0.3, 0.4) is 0 Å². The first-order chi connectivity index (χ1) is 16.9. The lowest BCUT2D eigenvalue weighted by atomic mass is 9.57. The smallest absolute Gasteiger partial charge is 0.410 e. The summed E-state index contributed by atoms with van der Waals surface area (Å²) in [6, 6.07) is 8.68. The Kier molecular flexibility index (Phi) is 5.21. The average molecular weight is 497 g/mol. The highest BCUT2D eigenvalue weighted by Crippen LogP contribution is 2.57. The Morgan fingerprint density at radius 3 is 2.66 bits per heavy atom. The van der Waals surface area contributed by atoms with Crippen LogP contribution >= 0.6 is 11.6 Å². The number of nitrogens with zero attached hydrogens (tertiary/aromatic N) is 6. The minimum atomic E-state index is -0.396. The van der Waals surface area contributed by atoms with Gasteiger partial charge in [-0.25, -0.2) is 14.2 Å². The molecular weight excluding hydrogens is 471 g/mol. The molecule has 1 amide bonds. The van der Waals surface area contributed by atoms with Gasteiger partial charge in [-0.15, -0.1) is 10.2 Å². The molecule has 1 saturated carbocycles. The highest BCUT2D eigenvalue weighted by atomic mass is 35.5. The van der Waals surface area contributed by atoms with Gasteiger partial charge in [0.05, 0.1) is 31.6 Å². The van der Waals surface area contributed by atoms with E-state index in [1.165, 1.54) is 19.4 Å². The lowest BCUT2D eigenvalue weighted by Crippen LogP contribution is -2.62. The summed E-state index contributed by atoms with van der Waals surface area (Å²) in [5.41, 5.74) is 2.12. The van der Waals surface area contributed by atoms with Gasteiger partial charge in [0.25, 0.3) is 0 Å². The van der Waals surface area contributed by atoms with Gasteiger partial charge in [-0.3, -0.25) is 9.47 Å². The Morgan fingerprint density at radius 2 is 1.97 bits per heavy atom. The molecule has 4 heterocycles. The van der Waals surface area contributed by atoms with Gasteiger partial charge in [0.15, 0.2) is 5.82 Å². The number of aromatic nitrogens is 4. The molecule has 2 fully saturated rings. The topological polar surface area (TPSA) is 76.4 Å². The molecule has 35 heavy (non-hydrogen) atoms. The van der Waals surface area contributed by atoms with Gasteiger partial charge >= 0.3 is 6.09 Å². The van der Waals surface area contributed by atoms with Crippen molar-refractivity contribution in [1.29, 1.82) is 0 Å². The van der Waals surface area contributed by atoms with Gasteiger partial charge in [-0.05, 0) is 55.2 Å². The molecule has 0 radical (unpaired) electrons. The van der Waals surface area contributed by atoms with Crippen LogP contribution in [0.4, 0.5) is 15.0 Å². The Morgan fingerprint density at radius 1 is 1.20 bits per heavy atom. The van der Waals surface area contributed by atoms with Crippen LogP contribution in [0.1, 0.15) is 55.4 Å². The van der Waals surface area contributed by atoms with Crippen molar-refractivity contribution >= 4 is 23.5 Å². The van der Waals surface area contributed by atoms with E-state index in [1.807, 2.05) is 25.1 Å². The summed E-state index contributed by atoms with van der Waals surface area (Å²) in [7, 11) is 1.39. The molecule has 1 aromatic carbocycles. The fourth-order valence-corrected chi connectivity index (χ4v) is 6.18. The number of ether oxygens (including phenoxy) is 1. The summed E-state index contributed by atoms with van der Waals surface area (Å²) in [5.74, 6) is 2.44. The lowest BCUT2D eigenvalue weighted by molar-refractivity contribution is 0.0581. The summed E-state index contributed by atoms with van der Waals surface area (Å²) in [5, 5.41) is 9.86. The number of benzene rings is 1. The van der Waals surface area contributed by atoms with Gasteiger partial charge in [-0.2, -0.15) is 0 Å². The van der Waals surface area contributed by atoms with Crippen LogP contribution in [-0.4, -0.2) is 50.9 Å². The molecule has 182 valence electrons. The fourth-order valence-electron chi connectivity index (χ4n) is 5.99. The van der Waals surface area contributed by atoms with Crippen molar-refractivity contribution in [2.75, 3.05) is 25.1 Å². The molecule has 8 nitrogen and oxygen atoms in total. The quantitative estimate of drug-likeness (QED) is 0.515. The largest absolute Gasteiger partial charge is 0.453 e. The third-order valence-corrected chi connectivity index (χ3v) is 7.85. The molecule has 1 aliphatic carbocycles. The molecule has 3 aromatic rings. The van der Waals surface area contributed by atoms with E-state index in [4.69, 9.17) is 16.3 Å². The second-order valence-electron chi connectivity index (χ2n) is 9.84. The SMILES string of the molecule is CCC1c2nnc(C3CC4(C3)CN(c3ccc(F)cn3)C4)n2-c2ccc(Cl)cc2CN1C(=O)OC. The Balaban J connectivity index is 1.29. The molecule has 1 spiro atoms. The molecule has 0 N–H and O–H groups in total. The van der Waals surface area contributed by atoms with Crippen molar-refractivity contribution in [3.05, 3.63) is 64.6 Å². The van der Waals surface area contributed by atoms with Crippen molar-refractivity contribution in [3.63, 3.8) is 0 Å². The maximum Gasteiger partial charge on any atom is 0.410 e. The lowest BCUT2D eigenvalue weighted by Gasteiger charge is -2.59. The van der Waals surface area contributed by atoms with Crippen molar-refractivity contribution < 1.29 is 13.9 Å². The molecule has 10 heteroatoms. The normalized spacial score (nSPS) is 20.5. The predicted octanol–water partition coefficient (Wildman–Crippen LogP) is 4.87. The molecule has 3 aliphatic rings. The highest BCUT2D eigenvalue weighted by Gasteiger charge is 2.54. The number of fused-ring (bicyclic) bond motifs is 3. The van der Waals surface area contributed by atoms with Crippen LogP contribution in [0.25, 0.3) is 5.69 Å². The summed E-state index contributed by atoms with van der Waals surface area (Å²) in [4.78, 5) is 20.8. The number of carbonyl (C=O) groups excluding carboxylic acids is 1. The van der Waals surface area contributed by atoms with E-state index in [1.54, 1.807) is 11.0 Å². The van der Waals surface area contributed by atoms with Gasteiger partial charge in [0, 0.05) is 29.4 Å². The van der Waals surface area contributed by atoms with Crippen LogP contribution in [0.5, 0.6) is 0 Å². The zero-order valence-corrected chi connectivity index (χ0v) is 20.4. The third kappa shape index (κ3) is 3.55. The van der Waals surface area contributed by atoms with Crippen molar-refractivity contribution in [2.45, 2.75) is 44.7 Å². The summed E-state index contributed by atoms with van der Waals surface area (Å²) in [6.07, 6.45) is 3.56. The molecular formula is C25H26ClFN6O2. The number of anilines is 1. The Labute approximate surface area is 207 Å². The van der Waals surface area contributed by atoms with Crippen LogP contribution in [0.2, 0.25) is 5.02 Å². The second kappa shape index (κ2) is 8.19. The number of pyridine rings is 1. The maximum atomic E-state index is 13.2. The van der Waals surface area contributed by atoms with Gasteiger partial charge < -0.3 is 9.64 Å². The Hall–Kier alpha value is -3.20. The summed E-state index contributed by atoms with van der Waals surface area (Å²) >= 11 is 6.33. The Bertz CT molecular complexity index is 1280. The number of carbonyl (C=O) groups is 1. The van der Waals surface area contributed by atoms with Crippen LogP contribution in [0, 0.1) is 11.2 Å². The van der Waals surface area contributed by atoms with E-state index < -0.39 is 6.09 Å². The van der Waals surface area contributed by atoms with E-state index in [-0.39, 0.29) is 23.2 Å². The number of amides is 1. The monoisotopic (exact) mass is 496 g/mol. The number of hydrogen-bond acceptors (Lipinski definition) is 6. The van der Waals surface area contributed by atoms with E-state index in [2.05, 4.69) is 24.6 Å². The minimum absolute atomic E-state index is 0.225. The first-order valence-corrected chi connectivity index (χ1v) is 12.2. The first kappa shape index (κ1) is 22.3. The van der Waals surface area contributed by atoms with Gasteiger partial charge in [-0.1, -0.05) is 18.5 Å². The van der Waals surface area contributed by atoms with Gasteiger partial charge in [0.2, 0.25) is 0 Å². The number of halogens is 2. The predicted molar refractivity (Wildman–Crippen MR) is 128 cm³/mol. The second-order valence-corrected chi connectivity index (χ2v) is 10.3. The van der Waals surface area contributed by atoms with Gasteiger partial charge in [0.1, 0.15) is 17.5 Å². The average Bonchev–Trinajstić information content (AvgIpc) is 3.16. The van der Waals surface area contributed by atoms with Crippen LogP contribution in [0.15, 0.2) is 36.5 Å². The van der Waals surface area contributed by atoms with E-state index >= 15 is 0 Å². The number of rotatable bonds is 3. The van der Waals surface area contributed by atoms with Crippen molar-refractivity contribution in [3.8, 4) is 5.69 Å². The summed E-state index contributed by atoms with van der Waals surface area (Å²) < 4.78 is 20.4. The number of hydrogen-bond donors (Lipinski definition) is 0. The van der Waals surface area contributed by atoms with Crippen LogP contribution < -0.4 is 4.90 Å². The molecule has 2 aliphatic heterocycles. The van der Waals surface area contributed by atoms with Crippen LogP contribution in [-0.2, 0) is 11.3 Å².